The minimum absolute atomic E-state index is 0.329. The number of carbonyl (C=O) groups is 1. The molecule has 0 aliphatic carbocycles. The quantitative estimate of drug-likeness (QED) is 0.692. The highest BCUT2D eigenvalue weighted by molar-refractivity contribution is 7.19. The van der Waals surface area contributed by atoms with Crippen molar-refractivity contribution in [2.45, 2.75) is 6.92 Å². The van der Waals surface area contributed by atoms with Crippen LogP contribution in [0.3, 0.4) is 0 Å². The maximum absolute atomic E-state index is 11.6. The van der Waals surface area contributed by atoms with Crippen LogP contribution in [0.5, 0.6) is 0 Å². The van der Waals surface area contributed by atoms with E-state index in [-0.39, 0.29) is 5.97 Å². The molecule has 3 rings (SSSR count). The third-order valence-corrected chi connectivity index (χ3v) is 4.47. The molecular weight excluding hydrogens is 280 g/mol. The number of rotatable bonds is 3. The van der Waals surface area contributed by atoms with Gasteiger partial charge in [0.1, 0.15) is 15.6 Å². The van der Waals surface area contributed by atoms with E-state index in [1.807, 2.05) is 17.5 Å². The number of carbonyl (C=O) groups excluding carboxylic acids is 1. The lowest BCUT2D eigenvalue weighted by molar-refractivity contribution is 0.0532. The third-order valence-electron chi connectivity index (χ3n) is 2.55. The molecule has 0 saturated heterocycles. The molecular formula is C13H10N2O2S2. The van der Waals surface area contributed by atoms with Crippen LogP contribution >= 0.6 is 22.7 Å². The number of ether oxygens (including phenoxy) is 1. The van der Waals surface area contributed by atoms with Gasteiger partial charge in [0.05, 0.1) is 17.5 Å². The summed E-state index contributed by atoms with van der Waals surface area (Å²) < 4.78 is 6.05. The van der Waals surface area contributed by atoms with Crippen LogP contribution in [0.25, 0.3) is 20.8 Å². The Hall–Kier alpha value is -1.79. The summed E-state index contributed by atoms with van der Waals surface area (Å²) in [6.07, 6.45) is 3.31. The van der Waals surface area contributed by atoms with Crippen molar-refractivity contribution in [1.82, 2.24) is 9.97 Å². The molecule has 3 aromatic rings. The number of thiazole rings is 1. The molecule has 3 aromatic heterocycles. The Morgan fingerprint density at radius 2 is 2.26 bits per heavy atom. The van der Waals surface area contributed by atoms with Crippen LogP contribution in [0.2, 0.25) is 0 Å². The van der Waals surface area contributed by atoms with Crippen LogP contribution in [0, 0.1) is 0 Å². The second-order valence-corrected chi connectivity index (χ2v) is 5.70. The van der Waals surface area contributed by atoms with Gasteiger partial charge >= 0.3 is 5.97 Å². The van der Waals surface area contributed by atoms with Crippen LogP contribution in [0.4, 0.5) is 0 Å². The minimum Gasteiger partial charge on any atom is -0.462 e. The number of esters is 1. The van der Waals surface area contributed by atoms with Crippen molar-refractivity contribution in [3.8, 4) is 10.7 Å². The Morgan fingerprint density at radius 1 is 1.37 bits per heavy atom. The molecule has 0 radical (unpaired) electrons. The second kappa shape index (κ2) is 5.07. The molecule has 0 unspecified atom stereocenters. The van der Waals surface area contributed by atoms with Gasteiger partial charge in [-0.25, -0.2) is 9.78 Å². The van der Waals surface area contributed by atoms with E-state index in [0.29, 0.717) is 11.5 Å². The number of aromatic nitrogens is 2. The summed E-state index contributed by atoms with van der Waals surface area (Å²) in [6.45, 7) is 2.15. The van der Waals surface area contributed by atoms with Crippen molar-refractivity contribution < 1.29 is 9.53 Å². The standard InChI is InChI=1S/C13H10N2O2S2/c1-2-17-13(16)9-7-15-12(19-9)10-11-8(3-5-14-10)4-6-18-11/h3-7H,2H2,1H3. The first-order valence-electron chi connectivity index (χ1n) is 5.75. The number of hydrogen-bond acceptors (Lipinski definition) is 6. The molecule has 4 nitrogen and oxygen atoms in total. The number of hydrogen-bond donors (Lipinski definition) is 0. The first-order valence-corrected chi connectivity index (χ1v) is 7.44. The van der Waals surface area contributed by atoms with Crippen molar-refractivity contribution in [3.05, 3.63) is 34.8 Å². The topological polar surface area (TPSA) is 52.1 Å². The lowest BCUT2D eigenvalue weighted by atomic mass is 10.3. The highest BCUT2D eigenvalue weighted by Gasteiger charge is 2.15. The van der Waals surface area contributed by atoms with E-state index in [1.54, 1.807) is 30.7 Å². The van der Waals surface area contributed by atoms with Crippen LogP contribution in [0.1, 0.15) is 16.6 Å². The van der Waals surface area contributed by atoms with Crippen molar-refractivity contribution in [1.29, 1.82) is 0 Å². The normalized spacial score (nSPS) is 10.8. The Balaban J connectivity index is 2.03. The van der Waals surface area contributed by atoms with Crippen LogP contribution in [-0.4, -0.2) is 22.5 Å². The number of nitrogens with zero attached hydrogens (tertiary/aromatic N) is 2. The van der Waals surface area contributed by atoms with Gasteiger partial charge in [0, 0.05) is 6.20 Å². The van der Waals surface area contributed by atoms with Crippen molar-refractivity contribution in [3.63, 3.8) is 0 Å². The zero-order valence-electron chi connectivity index (χ0n) is 10.1. The van der Waals surface area contributed by atoms with Gasteiger partial charge in [0.25, 0.3) is 0 Å². The smallest absolute Gasteiger partial charge is 0.349 e. The molecule has 19 heavy (non-hydrogen) atoms. The van der Waals surface area contributed by atoms with Crippen molar-refractivity contribution in [2.24, 2.45) is 0 Å². The third kappa shape index (κ3) is 2.24. The molecule has 6 heteroatoms. The molecule has 0 fully saturated rings. The molecule has 0 saturated carbocycles. The average Bonchev–Trinajstić information content (AvgIpc) is 3.07. The summed E-state index contributed by atoms with van der Waals surface area (Å²) in [6, 6.07) is 4.01. The van der Waals surface area contributed by atoms with Gasteiger partial charge in [-0.05, 0) is 29.8 Å². The summed E-state index contributed by atoms with van der Waals surface area (Å²) in [4.78, 5) is 20.8. The van der Waals surface area contributed by atoms with Gasteiger partial charge in [-0.1, -0.05) is 0 Å². The zero-order valence-corrected chi connectivity index (χ0v) is 11.8. The van der Waals surface area contributed by atoms with Gasteiger partial charge < -0.3 is 4.74 Å². The van der Waals surface area contributed by atoms with E-state index in [9.17, 15) is 4.79 Å². The molecule has 0 aliphatic rings. The summed E-state index contributed by atoms with van der Waals surface area (Å²) in [7, 11) is 0. The molecule has 0 N–H and O–H groups in total. The van der Waals surface area contributed by atoms with E-state index in [2.05, 4.69) is 9.97 Å². The lowest BCUT2D eigenvalue weighted by Crippen LogP contribution is -2.01. The molecule has 96 valence electrons. The molecule has 0 bridgehead atoms. The monoisotopic (exact) mass is 290 g/mol. The zero-order chi connectivity index (χ0) is 13.2. The Morgan fingerprint density at radius 3 is 3.11 bits per heavy atom. The predicted octanol–water partition coefficient (Wildman–Crippen LogP) is 3.60. The van der Waals surface area contributed by atoms with E-state index in [4.69, 9.17) is 4.74 Å². The maximum Gasteiger partial charge on any atom is 0.349 e. The highest BCUT2D eigenvalue weighted by atomic mass is 32.1. The van der Waals surface area contributed by atoms with Gasteiger partial charge in [0.15, 0.2) is 0 Å². The summed E-state index contributed by atoms with van der Waals surface area (Å²) in [5.74, 6) is -0.329. The lowest BCUT2D eigenvalue weighted by Gasteiger charge is -1.97. The minimum atomic E-state index is -0.329. The first kappa shape index (κ1) is 12.3. The van der Waals surface area contributed by atoms with Crippen LogP contribution < -0.4 is 0 Å². The van der Waals surface area contributed by atoms with E-state index in [1.165, 1.54) is 11.3 Å². The molecule has 0 amide bonds. The van der Waals surface area contributed by atoms with Crippen molar-refractivity contribution >= 4 is 38.7 Å². The number of pyridine rings is 1. The summed E-state index contributed by atoms with van der Waals surface area (Å²) in [5.41, 5.74) is 0.827. The largest absolute Gasteiger partial charge is 0.462 e. The predicted molar refractivity (Wildman–Crippen MR) is 76.7 cm³/mol. The fraction of sp³-hybridized carbons (Fsp3) is 0.154. The molecule has 3 heterocycles. The van der Waals surface area contributed by atoms with Gasteiger partial charge in [0.2, 0.25) is 0 Å². The summed E-state index contributed by atoms with van der Waals surface area (Å²) in [5, 5.41) is 3.91. The molecule has 0 aliphatic heterocycles. The van der Waals surface area contributed by atoms with E-state index < -0.39 is 0 Å². The van der Waals surface area contributed by atoms with Gasteiger partial charge in [-0.3, -0.25) is 4.98 Å². The molecule has 0 aromatic carbocycles. The van der Waals surface area contributed by atoms with E-state index in [0.717, 1.165) is 20.8 Å². The van der Waals surface area contributed by atoms with Crippen LogP contribution in [0.15, 0.2) is 29.9 Å². The van der Waals surface area contributed by atoms with Gasteiger partial charge in [-0.2, -0.15) is 0 Å². The Bertz CT molecular complexity index is 733. The SMILES string of the molecule is CCOC(=O)c1cnc(-c2nccc3ccsc23)s1. The Kier molecular flexibility index (Phi) is 3.27. The molecule has 0 spiro atoms. The summed E-state index contributed by atoms with van der Waals surface area (Å²) >= 11 is 2.94. The maximum atomic E-state index is 11.6. The van der Waals surface area contributed by atoms with Crippen molar-refractivity contribution in [2.75, 3.05) is 6.61 Å². The number of fused-ring (bicyclic) bond motifs is 1. The average molecular weight is 290 g/mol. The first-order chi connectivity index (χ1) is 9.29. The fourth-order valence-corrected chi connectivity index (χ4v) is 3.49. The van der Waals surface area contributed by atoms with Gasteiger partial charge in [-0.15, -0.1) is 22.7 Å². The number of thiophene rings is 1. The van der Waals surface area contributed by atoms with E-state index >= 15 is 0 Å². The van der Waals surface area contributed by atoms with Crippen LogP contribution in [-0.2, 0) is 4.74 Å². The molecule has 0 atom stereocenters. The highest BCUT2D eigenvalue weighted by Crippen LogP contribution is 2.32. The second-order valence-electron chi connectivity index (χ2n) is 3.75. The Labute approximate surface area is 117 Å². The fourth-order valence-electron chi connectivity index (χ4n) is 1.73.